The van der Waals surface area contributed by atoms with E-state index in [0.717, 1.165) is 6.42 Å². The first-order valence-electron chi connectivity index (χ1n) is 1.85. The topological polar surface area (TPSA) is 37.3 Å². The molecule has 0 saturated heterocycles. The predicted molar refractivity (Wildman–Crippen MR) is 31.7 cm³/mol. The molecule has 2 nitrogen and oxygen atoms in total. The molecule has 39 valence electrons. The van der Waals surface area contributed by atoms with Crippen LogP contribution in [-0.2, 0) is 11.1 Å². The first-order valence-corrected chi connectivity index (χ1v) is 3.12. The standard InChI is InChI=1S/C3H8O2S.Na/c1-2-3-6(4)5;/h2-3H2,1H3,(H,4,5);. The van der Waals surface area contributed by atoms with E-state index in [1.54, 1.807) is 0 Å². The molecule has 1 N–H and O–H groups in total. The molecular formula is C3H8NaO2S. The Morgan fingerprint density at radius 1 is 1.71 bits per heavy atom. The number of hydrogen-bond donors (Lipinski definition) is 1. The van der Waals surface area contributed by atoms with Crippen molar-refractivity contribution in [3.05, 3.63) is 0 Å². The Morgan fingerprint density at radius 3 is 2.14 bits per heavy atom. The van der Waals surface area contributed by atoms with Crippen molar-refractivity contribution < 1.29 is 8.76 Å². The summed E-state index contributed by atoms with van der Waals surface area (Å²) in [6.07, 6.45) is 0.781. The van der Waals surface area contributed by atoms with Gasteiger partial charge in [0.25, 0.3) is 0 Å². The minimum atomic E-state index is -1.57. The van der Waals surface area contributed by atoms with Crippen LogP contribution in [0.1, 0.15) is 13.3 Å². The van der Waals surface area contributed by atoms with Crippen LogP contribution in [-0.4, -0.2) is 44.1 Å². The van der Waals surface area contributed by atoms with E-state index in [4.69, 9.17) is 4.55 Å². The van der Waals surface area contributed by atoms with Crippen LogP contribution < -0.4 is 0 Å². The van der Waals surface area contributed by atoms with E-state index in [1.165, 1.54) is 0 Å². The van der Waals surface area contributed by atoms with Crippen molar-refractivity contribution in [3.63, 3.8) is 0 Å². The Morgan fingerprint density at radius 2 is 2.14 bits per heavy atom. The quantitative estimate of drug-likeness (QED) is 0.430. The van der Waals surface area contributed by atoms with Crippen LogP contribution >= 0.6 is 0 Å². The zero-order chi connectivity index (χ0) is 4.99. The van der Waals surface area contributed by atoms with Crippen molar-refractivity contribution in [1.82, 2.24) is 0 Å². The van der Waals surface area contributed by atoms with E-state index in [0.29, 0.717) is 5.75 Å². The molecule has 0 aromatic heterocycles. The average molecular weight is 131 g/mol. The van der Waals surface area contributed by atoms with Crippen molar-refractivity contribution >= 4 is 40.6 Å². The summed E-state index contributed by atoms with van der Waals surface area (Å²) in [5.41, 5.74) is 0. The Kier molecular flexibility index (Phi) is 11.2. The van der Waals surface area contributed by atoms with Crippen molar-refractivity contribution in [2.45, 2.75) is 13.3 Å². The first-order chi connectivity index (χ1) is 2.77. The normalized spacial score (nSPS) is 12.3. The average Bonchev–Trinajstić information content (AvgIpc) is 1.35. The van der Waals surface area contributed by atoms with Gasteiger partial charge in [-0.1, -0.05) is 6.92 Å². The van der Waals surface area contributed by atoms with Crippen molar-refractivity contribution in [2.75, 3.05) is 5.75 Å². The van der Waals surface area contributed by atoms with Crippen LogP contribution in [0.2, 0.25) is 0 Å². The molecule has 7 heavy (non-hydrogen) atoms. The minimum absolute atomic E-state index is 0. The summed E-state index contributed by atoms with van der Waals surface area (Å²) in [4.78, 5) is 0. The van der Waals surface area contributed by atoms with Gasteiger partial charge in [0.15, 0.2) is 11.1 Å². The van der Waals surface area contributed by atoms with Crippen LogP contribution in [0.3, 0.4) is 0 Å². The van der Waals surface area contributed by atoms with Gasteiger partial charge in [-0.25, -0.2) is 4.21 Å². The third kappa shape index (κ3) is 11.0. The van der Waals surface area contributed by atoms with Crippen LogP contribution in [0, 0.1) is 0 Å². The predicted octanol–water partition coefficient (Wildman–Crippen LogP) is 0.237. The summed E-state index contributed by atoms with van der Waals surface area (Å²) in [7, 11) is 0. The summed E-state index contributed by atoms with van der Waals surface area (Å²) in [6.45, 7) is 1.87. The molecule has 1 unspecified atom stereocenters. The van der Waals surface area contributed by atoms with Crippen LogP contribution in [0.15, 0.2) is 0 Å². The molecule has 0 amide bonds. The minimum Gasteiger partial charge on any atom is -0.306 e. The van der Waals surface area contributed by atoms with Crippen molar-refractivity contribution in [2.24, 2.45) is 0 Å². The van der Waals surface area contributed by atoms with E-state index >= 15 is 0 Å². The van der Waals surface area contributed by atoms with Gasteiger partial charge in [0.05, 0.1) is 0 Å². The maximum Gasteiger partial charge on any atom is 0.152 e. The smallest absolute Gasteiger partial charge is 0.152 e. The molecule has 0 aromatic rings. The van der Waals surface area contributed by atoms with Gasteiger partial charge in [-0.2, -0.15) is 0 Å². The molecule has 0 aliphatic heterocycles. The second-order valence-electron chi connectivity index (χ2n) is 1.03. The molecule has 0 aliphatic rings. The van der Waals surface area contributed by atoms with Crippen LogP contribution in [0.4, 0.5) is 0 Å². The Balaban J connectivity index is 0. The number of hydrogen-bond acceptors (Lipinski definition) is 1. The van der Waals surface area contributed by atoms with Gasteiger partial charge in [-0.15, -0.1) is 0 Å². The Labute approximate surface area is 68.3 Å². The fourth-order valence-electron chi connectivity index (χ4n) is 0.175. The molecule has 0 aromatic carbocycles. The number of rotatable bonds is 2. The van der Waals surface area contributed by atoms with Crippen LogP contribution in [0.5, 0.6) is 0 Å². The summed E-state index contributed by atoms with van der Waals surface area (Å²) in [5, 5.41) is 0. The van der Waals surface area contributed by atoms with Gasteiger partial charge in [0, 0.05) is 35.3 Å². The second-order valence-corrected chi connectivity index (χ2v) is 2.08. The molecule has 0 fully saturated rings. The van der Waals surface area contributed by atoms with Gasteiger partial charge in [0.1, 0.15) is 0 Å². The molecule has 1 radical (unpaired) electrons. The zero-order valence-electron chi connectivity index (χ0n) is 4.68. The third-order valence-corrected chi connectivity index (χ3v) is 1.14. The summed E-state index contributed by atoms with van der Waals surface area (Å²) in [5.74, 6) is 0.403. The Bertz CT molecular complexity index is 56.9. The summed E-state index contributed by atoms with van der Waals surface area (Å²) < 4.78 is 17.7. The van der Waals surface area contributed by atoms with E-state index in [1.807, 2.05) is 6.92 Å². The van der Waals surface area contributed by atoms with Crippen LogP contribution in [0.25, 0.3) is 0 Å². The zero-order valence-corrected chi connectivity index (χ0v) is 7.49. The fourth-order valence-corrected chi connectivity index (χ4v) is 0.524. The van der Waals surface area contributed by atoms with Gasteiger partial charge < -0.3 is 4.55 Å². The van der Waals surface area contributed by atoms with E-state index in [9.17, 15) is 4.21 Å². The second kappa shape index (κ2) is 7.11. The monoisotopic (exact) mass is 131 g/mol. The summed E-state index contributed by atoms with van der Waals surface area (Å²) >= 11 is -1.57. The van der Waals surface area contributed by atoms with E-state index in [2.05, 4.69) is 0 Å². The maximum atomic E-state index is 9.71. The molecule has 0 saturated carbocycles. The molecule has 0 heterocycles. The molecule has 0 rings (SSSR count). The fraction of sp³-hybridized carbons (Fsp3) is 1.00. The molecular weight excluding hydrogens is 123 g/mol. The molecule has 4 heteroatoms. The van der Waals surface area contributed by atoms with Gasteiger partial charge in [-0.3, -0.25) is 0 Å². The Hall–Kier alpha value is 1.11. The maximum absolute atomic E-state index is 9.71. The largest absolute Gasteiger partial charge is 0.306 e. The SMILES string of the molecule is CCCS(=O)O.[Na]. The molecule has 0 spiro atoms. The molecule has 0 bridgehead atoms. The van der Waals surface area contributed by atoms with E-state index < -0.39 is 11.1 Å². The summed E-state index contributed by atoms with van der Waals surface area (Å²) in [6, 6.07) is 0. The molecule has 1 atom stereocenters. The van der Waals surface area contributed by atoms with E-state index in [-0.39, 0.29) is 29.6 Å². The van der Waals surface area contributed by atoms with Gasteiger partial charge >= 0.3 is 0 Å². The van der Waals surface area contributed by atoms with Crippen molar-refractivity contribution in [1.29, 1.82) is 0 Å². The van der Waals surface area contributed by atoms with Gasteiger partial charge in [0.2, 0.25) is 0 Å². The van der Waals surface area contributed by atoms with Crippen molar-refractivity contribution in [3.8, 4) is 0 Å². The molecule has 0 aliphatic carbocycles. The van der Waals surface area contributed by atoms with Gasteiger partial charge in [-0.05, 0) is 6.42 Å². The first kappa shape index (κ1) is 11.0. The third-order valence-electron chi connectivity index (χ3n) is 0.379.